The van der Waals surface area contributed by atoms with Gasteiger partial charge in [-0.2, -0.15) is 0 Å². The topological polar surface area (TPSA) is 87.3 Å². The number of benzene rings is 2. The van der Waals surface area contributed by atoms with Gasteiger partial charge in [-0.15, -0.1) is 0 Å². The largest absolute Gasteiger partial charge is 0.352 e. The van der Waals surface area contributed by atoms with E-state index in [-0.39, 0.29) is 29.7 Å². The predicted molar refractivity (Wildman–Crippen MR) is 134 cm³/mol. The molecule has 0 saturated heterocycles. The Hall–Kier alpha value is -3.15. The first-order chi connectivity index (χ1) is 16.3. The van der Waals surface area contributed by atoms with Gasteiger partial charge in [0.05, 0.1) is 0 Å². The van der Waals surface area contributed by atoms with Crippen LogP contribution in [0.4, 0.5) is 0 Å². The quantitative estimate of drug-likeness (QED) is 0.525. The number of nitrogens with one attached hydrogen (secondary N) is 3. The van der Waals surface area contributed by atoms with E-state index < -0.39 is 11.6 Å². The molecule has 1 saturated carbocycles. The van der Waals surface area contributed by atoms with E-state index in [4.69, 9.17) is 0 Å². The maximum Gasteiger partial charge on any atom is 0.252 e. The predicted octanol–water partition coefficient (Wildman–Crippen LogP) is 4.01. The Morgan fingerprint density at radius 3 is 2.09 bits per heavy atom. The van der Waals surface area contributed by atoms with Crippen molar-refractivity contribution in [3.8, 4) is 0 Å². The first-order valence-corrected chi connectivity index (χ1v) is 12.3. The van der Waals surface area contributed by atoms with Gasteiger partial charge in [-0.1, -0.05) is 81.6 Å². The molecule has 3 rings (SSSR count). The lowest BCUT2D eigenvalue weighted by Gasteiger charge is -2.35. The van der Waals surface area contributed by atoms with Crippen LogP contribution in [0.2, 0.25) is 0 Å². The molecule has 0 radical (unpaired) electrons. The number of amides is 3. The minimum Gasteiger partial charge on any atom is -0.352 e. The van der Waals surface area contributed by atoms with Gasteiger partial charge in [0, 0.05) is 18.0 Å². The summed E-state index contributed by atoms with van der Waals surface area (Å²) in [6.45, 7) is 5.49. The Morgan fingerprint density at radius 2 is 1.50 bits per heavy atom. The fraction of sp³-hybridized carbons (Fsp3) is 0.464. The first-order valence-electron chi connectivity index (χ1n) is 12.3. The Balaban J connectivity index is 1.77. The zero-order valence-electron chi connectivity index (χ0n) is 20.5. The van der Waals surface area contributed by atoms with E-state index >= 15 is 0 Å². The van der Waals surface area contributed by atoms with Crippen LogP contribution >= 0.6 is 0 Å². The Labute approximate surface area is 202 Å². The monoisotopic (exact) mass is 463 g/mol. The molecule has 0 aliphatic heterocycles. The SMILES string of the molecule is CC(C)[C@@](C)(NC(=O)c1ccccc1)C(=O)N[C@@H](Cc1ccccc1)C(=O)NC1CCCCC1. The summed E-state index contributed by atoms with van der Waals surface area (Å²) in [6, 6.07) is 17.9. The highest BCUT2D eigenvalue weighted by atomic mass is 16.2. The molecule has 34 heavy (non-hydrogen) atoms. The van der Waals surface area contributed by atoms with Crippen LogP contribution in [0.25, 0.3) is 0 Å². The molecule has 0 aromatic heterocycles. The third kappa shape index (κ3) is 6.69. The van der Waals surface area contributed by atoms with Gasteiger partial charge >= 0.3 is 0 Å². The van der Waals surface area contributed by atoms with Crippen LogP contribution in [0.1, 0.15) is 68.8 Å². The minimum absolute atomic E-state index is 0.144. The minimum atomic E-state index is -1.19. The number of hydrogen-bond acceptors (Lipinski definition) is 3. The highest BCUT2D eigenvalue weighted by Crippen LogP contribution is 2.20. The average molecular weight is 464 g/mol. The molecule has 6 nitrogen and oxygen atoms in total. The van der Waals surface area contributed by atoms with E-state index in [0.717, 1.165) is 31.2 Å². The van der Waals surface area contributed by atoms with Crippen molar-refractivity contribution in [3.63, 3.8) is 0 Å². The van der Waals surface area contributed by atoms with Gasteiger partial charge in [-0.3, -0.25) is 14.4 Å². The molecule has 1 aliphatic rings. The van der Waals surface area contributed by atoms with Gasteiger partial charge in [-0.05, 0) is 43.4 Å². The Bertz CT molecular complexity index is 955. The zero-order chi connectivity index (χ0) is 24.6. The van der Waals surface area contributed by atoms with Crippen LogP contribution in [0.3, 0.4) is 0 Å². The van der Waals surface area contributed by atoms with E-state index in [0.29, 0.717) is 12.0 Å². The summed E-state index contributed by atoms with van der Waals surface area (Å²) < 4.78 is 0. The van der Waals surface area contributed by atoms with Gasteiger partial charge in [-0.25, -0.2) is 0 Å². The molecule has 6 heteroatoms. The van der Waals surface area contributed by atoms with Gasteiger partial charge in [0.1, 0.15) is 11.6 Å². The van der Waals surface area contributed by atoms with Gasteiger partial charge < -0.3 is 16.0 Å². The van der Waals surface area contributed by atoms with Crippen molar-refractivity contribution in [1.29, 1.82) is 0 Å². The van der Waals surface area contributed by atoms with E-state index in [1.807, 2.05) is 50.2 Å². The van der Waals surface area contributed by atoms with Crippen LogP contribution in [0, 0.1) is 5.92 Å². The fourth-order valence-corrected chi connectivity index (χ4v) is 4.28. The third-order valence-corrected chi connectivity index (χ3v) is 6.89. The lowest BCUT2D eigenvalue weighted by Crippen LogP contribution is -2.63. The van der Waals surface area contributed by atoms with Crippen molar-refractivity contribution in [2.75, 3.05) is 0 Å². The molecule has 2 aromatic rings. The van der Waals surface area contributed by atoms with E-state index in [2.05, 4.69) is 16.0 Å². The second-order valence-corrected chi connectivity index (χ2v) is 9.74. The Morgan fingerprint density at radius 1 is 0.912 bits per heavy atom. The summed E-state index contributed by atoms with van der Waals surface area (Å²) in [5, 5.41) is 9.03. The van der Waals surface area contributed by atoms with Gasteiger partial charge in [0.15, 0.2) is 0 Å². The lowest BCUT2D eigenvalue weighted by molar-refractivity contribution is -0.133. The second-order valence-electron chi connectivity index (χ2n) is 9.74. The van der Waals surface area contributed by atoms with Crippen molar-refractivity contribution in [2.45, 2.75) is 76.9 Å². The average Bonchev–Trinajstić information content (AvgIpc) is 2.85. The zero-order valence-corrected chi connectivity index (χ0v) is 20.5. The van der Waals surface area contributed by atoms with E-state index in [1.54, 1.807) is 31.2 Å². The molecule has 0 unspecified atom stereocenters. The summed E-state index contributed by atoms with van der Waals surface area (Å²) in [6.07, 6.45) is 5.73. The van der Waals surface area contributed by atoms with Crippen molar-refractivity contribution >= 4 is 17.7 Å². The number of carbonyl (C=O) groups is 3. The third-order valence-electron chi connectivity index (χ3n) is 6.89. The molecule has 0 heterocycles. The maximum atomic E-state index is 13.6. The van der Waals surface area contributed by atoms with Crippen LogP contribution in [-0.2, 0) is 16.0 Å². The molecule has 3 N–H and O–H groups in total. The summed E-state index contributed by atoms with van der Waals surface area (Å²) in [7, 11) is 0. The summed E-state index contributed by atoms with van der Waals surface area (Å²) in [5.74, 6) is -1.06. The molecule has 1 aliphatic carbocycles. The molecule has 2 atom stereocenters. The van der Waals surface area contributed by atoms with Crippen LogP contribution in [0.5, 0.6) is 0 Å². The van der Waals surface area contributed by atoms with Crippen molar-refractivity contribution in [1.82, 2.24) is 16.0 Å². The van der Waals surface area contributed by atoms with Crippen molar-refractivity contribution in [2.24, 2.45) is 5.92 Å². The highest BCUT2D eigenvalue weighted by molar-refractivity contribution is 6.00. The standard InChI is InChI=1S/C28H37N3O3/c1-20(2)28(3,31-25(32)22-15-9-5-10-16-22)27(34)30-24(19-21-13-7-4-8-14-21)26(33)29-23-17-11-6-12-18-23/h4-5,7-10,13-16,20,23-24H,6,11-12,17-19H2,1-3H3,(H,29,33)(H,30,34)(H,31,32)/t24-,28+/m0/s1. The molecule has 182 valence electrons. The number of hydrogen-bond donors (Lipinski definition) is 3. The van der Waals surface area contributed by atoms with Crippen LogP contribution < -0.4 is 16.0 Å². The molecular weight excluding hydrogens is 426 g/mol. The Kier molecular flexibility index (Phi) is 8.85. The molecule has 0 spiro atoms. The normalized spacial score (nSPS) is 16.8. The van der Waals surface area contributed by atoms with Crippen LogP contribution in [-0.4, -0.2) is 35.3 Å². The first kappa shape index (κ1) is 25.5. The molecular formula is C28H37N3O3. The fourth-order valence-electron chi connectivity index (χ4n) is 4.28. The summed E-state index contributed by atoms with van der Waals surface area (Å²) in [4.78, 5) is 39.7. The van der Waals surface area contributed by atoms with Crippen LogP contribution in [0.15, 0.2) is 60.7 Å². The molecule has 1 fully saturated rings. The molecule has 3 amide bonds. The van der Waals surface area contributed by atoms with Crippen molar-refractivity contribution < 1.29 is 14.4 Å². The lowest BCUT2D eigenvalue weighted by atomic mass is 9.86. The number of rotatable bonds is 9. The van der Waals surface area contributed by atoms with E-state index in [1.165, 1.54) is 6.42 Å². The smallest absolute Gasteiger partial charge is 0.252 e. The van der Waals surface area contributed by atoms with Gasteiger partial charge in [0.25, 0.3) is 5.91 Å². The molecule has 0 bridgehead atoms. The second kappa shape index (κ2) is 11.8. The van der Waals surface area contributed by atoms with E-state index in [9.17, 15) is 14.4 Å². The molecule has 2 aromatic carbocycles. The summed E-state index contributed by atoms with van der Waals surface area (Å²) >= 11 is 0. The summed E-state index contributed by atoms with van der Waals surface area (Å²) in [5.41, 5.74) is 0.261. The van der Waals surface area contributed by atoms with Crippen molar-refractivity contribution in [3.05, 3.63) is 71.8 Å². The van der Waals surface area contributed by atoms with Gasteiger partial charge in [0.2, 0.25) is 11.8 Å². The number of carbonyl (C=O) groups excluding carboxylic acids is 3. The maximum absolute atomic E-state index is 13.6. The highest BCUT2D eigenvalue weighted by Gasteiger charge is 2.40.